The third kappa shape index (κ3) is 1.89. The summed E-state index contributed by atoms with van der Waals surface area (Å²) in [5.74, 6) is 1.45. The van der Waals surface area contributed by atoms with Crippen molar-refractivity contribution in [3.05, 3.63) is 0 Å². The maximum Gasteiger partial charge on any atom is 0.0471 e. The lowest BCUT2D eigenvalue weighted by Gasteiger charge is -2.27. The lowest BCUT2D eigenvalue weighted by molar-refractivity contribution is 0.178. The second kappa shape index (κ2) is 3.97. The molecule has 0 bridgehead atoms. The van der Waals surface area contributed by atoms with E-state index in [2.05, 4.69) is 11.8 Å². The normalized spacial score (nSPS) is 41.5. The van der Waals surface area contributed by atoms with E-state index in [1.54, 1.807) is 0 Å². The highest BCUT2D eigenvalue weighted by atomic mass is 16.3. The molecule has 1 saturated heterocycles. The van der Waals surface area contributed by atoms with Crippen molar-refractivity contribution in [1.29, 1.82) is 0 Å². The van der Waals surface area contributed by atoms with Gasteiger partial charge in [0.1, 0.15) is 0 Å². The molecule has 1 aliphatic heterocycles. The standard InChI is InChI=1S/C11H21NO/c1-9-3-2-4-11(9)12-6-5-10(7-12)8-13/h9-11,13H,2-8H2,1H3. The number of nitrogens with zero attached hydrogens (tertiary/aromatic N) is 1. The molecule has 1 saturated carbocycles. The molecule has 2 rings (SSSR count). The highest BCUT2D eigenvalue weighted by Crippen LogP contribution is 2.32. The molecule has 2 nitrogen and oxygen atoms in total. The number of likely N-dealkylation sites (tertiary alicyclic amines) is 1. The predicted octanol–water partition coefficient (Wildman–Crippen LogP) is 1.49. The number of aliphatic hydroxyl groups excluding tert-OH is 1. The van der Waals surface area contributed by atoms with Crippen LogP contribution in [0.4, 0.5) is 0 Å². The lowest BCUT2D eigenvalue weighted by Crippen LogP contribution is -2.35. The molecular formula is C11H21NO. The minimum Gasteiger partial charge on any atom is -0.396 e. The Kier molecular flexibility index (Phi) is 2.89. The molecule has 0 aromatic heterocycles. The van der Waals surface area contributed by atoms with Gasteiger partial charge in [0.15, 0.2) is 0 Å². The minimum atomic E-state index is 0.387. The van der Waals surface area contributed by atoms with Crippen molar-refractivity contribution >= 4 is 0 Å². The Balaban J connectivity index is 1.88. The van der Waals surface area contributed by atoms with Gasteiger partial charge in [0.25, 0.3) is 0 Å². The topological polar surface area (TPSA) is 23.5 Å². The molecule has 2 aliphatic rings. The molecule has 1 aliphatic carbocycles. The van der Waals surface area contributed by atoms with Crippen LogP contribution in [0.5, 0.6) is 0 Å². The van der Waals surface area contributed by atoms with Gasteiger partial charge in [0.2, 0.25) is 0 Å². The van der Waals surface area contributed by atoms with E-state index < -0.39 is 0 Å². The summed E-state index contributed by atoms with van der Waals surface area (Å²) in [7, 11) is 0. The van der Waals surface area contributed by atoms with Crippen LogP contribution in [0.3, 0.4) is 0 Å². The Labute approximate surface area is 80.9 Å². The Morgan fingerprint density at radius 2 is 2.15 bits per heavy atom. The number of hydrogen-bond donors (Lipinski definition) is 1. The van der Waals surface area contributed by atoms with E-state index >= 15 is 0 Å². The van der Waals surface area contributed by atoms with Crippen molar-refractivity contribution in [3.8, 4) is 0 Å². The van der Waals surface area contributed by atoms with Gasteiger partial charge >= 0.3 is 0 Å². The van der Waals surface area contributed by atoms with Crippen molar-refractivity contribution in [2.75, 3.05) is 19.7 Å². The molecule has 0 aromatic rings. The third-order valence-corrected chi connectivity index (χ3v) is 3.86. The second-order valence-electron chi connectivity index (χ2n) is 4.81. The van der Waals surface area contributed by atoms with Crippen molar-refractivity contribution in [2.45, 2.75) is 38.6 Å². The van der Waals surface area contributed by atoms with Crippen molar-refractivity contribution < 1.29 is 5.11 Å². The number of hydrogen-bond acceptors (Lipinski definition) is 2. The average Bonchev–Trinajstić information content (AvgIpc) is 2.71. The molecule has 13 heavy (non-hydrogen) atoms. The molecule has 0 spiro atoms. The number of rotatable bonds is 2. The largest absolute Gasteiger partial charge is 0.396 e. The zero-order valence-electron chi connectivity index (χ0n) is 8.58. The van der Waals surface area contributed by atoms with Crippen LogP contribution in [-0.4, -0.2) is 35.7 Å². The first-order valence-electron chi connectivity index (χ1n) is 5.66. The van der Waals surface area contributed by atoms with Gasteiger partial charge in [-0.1, -0.05) is 13.3 Å². The van der Waals surface area contributed by atoms with E-state index in [1.807, 2.05) is 0 Å². The fraction of sp³-hybridized carbons (Fsp3) is 1.00. The molecule has 0 amide bonds. The first kappa shape index (κ1) is 9.47. The van der Waals surface area contributed by atoms with Crippen LogP contribution in [0, 0.1) is 11.8 Å². The third-order valence-electron chi connectivity index (χ3n) is 3.86. The molecule has 2 heteroatoms. The van der Waals surface area contributed by atoms with Gasteiger partial charge in [0, 0.05) is 19.2 Å². The molecule has 0 aromatic carbocycles. The van der Waals surface area contributed by atoms with E-state index in [9.17, 15) is 0 Å². The van der Waals surface area contributed by atoms with Crippen molar-refractivity contribution in [3.63, 3.8) is 0 Å². The van der Waals surface area contributed by atoms with E-state index in [0.29, 0.717) is 12.5 Å². The number of aliphatic hydroxyl groups is 1. The van der Waals surface area contributed by atoms with Crippen LogP contribution >= 0.6 is 0 Å². The Morgan fingerprint density at radius 3 is 2.69 bits per heavy atom. The first-order chi connectivity index (χ1) is 6.31. The lowest BCUT2D eigenvalue weighted by atomic mass is 10.1. The summed E-state index contributed by atoms with van der Waals surface area (Å²) in [5.41, 5.74) is 0. The summed E-state index contributed by atoms with van der Waals surface area (Å²) in [6, 6.07) is 0.830. The molecule has 76 valence electrons. The highest BCUT2D eigenvalue weighted by Gasteiger charge is 2.33. The summed E-state index contributed by atoms with van der Waals surface area (Å²) in [5, 5.41) is 9.07. The fourth-order valence-electron chi connectivity index (χ4n) is 2.98. The van der Waals surface area contributed by atoms with Gasteiger partial charge in [-0.05, 0) is 37.6 Å². The van der Waals surface area contributed by atoms with Gasteiger partial charge in [-0.15, -0.1) is 0 Å². The van der Waals surface area contributed by atoms with Gasteiger partial charge in [-0.3, -0.25) is 4.90 Å². The quantitative estimate of drug-likeness (QED) is 0.701. The summed E-state index contributed by atoms with van der Waals surface area (Å²) in [4.78, 5) is 2.61. The Bertz CT molecular complexity index is 171. The SMILES string of the molecule is CC1CCCC1N1CCC(CO)C1. The maximum absolute atomic E-state index is 9.07. The summed E-state index contributed by atoms with van der Waals surface area (Å²) in [6.07, 6.45) is 5.41. The maximum atomic E-state index is 9.07. The molecular weight excluding hydrogens is 162 g/mol. The highest BCUT2D eigenvalue weighted by molar-refractivity contribution is 4.87. The Morgan fingerprint density at radius 1 is 1.31 bits per heavy atom. The van der Waals surface area contributed by atoms with Crippen LogP contribution in [0.1, 0.15) is 32.6 Å². The molecule has 1 N–H and O–H groups in total. The van der Waals surface area contributed by atoms with Gasteiger partial charge in [-0.2, -0.15) is 0 Å². The predicted molar refractivity (Wildman–Crippen MR) is 53.6 cm³/mol. The van der Waals surface area contributed by atoms with E-state index in [-0.39, 0.29) is 0 Å². The Hall–Kier alpha value is -0.0800. The van der Waals surface area contributed by atoms with Gasteiger partial charge < -0.3 is 5.11 Å². The van der Waals surface area contributed by atoms with E-state index in [0.717, 1.165) is 18.5 Å². The van der Waals surface area contributed by atoms with Crippen LogP contribution < -0.4 is 0 Å². The summed E-state index contributed by atoms with van der Waals surface area (Å²) in [6.45, 7) is 5.13. The van der Waals surface area contributed by atoms with Crippen LogP contribution in [0.15, 0.2) is 0 Å². The molecule has 2 fully saturated rings. The molecule has 0 radical (unpaired) electrons. The van der Waals surface area contributed by atoms with Gasteiger partial charge in [-0.25, -0.2) is 0 Å². The zero-order valence-corrected chi connectivity index (χ0v) is 8.58. The van der Waals surface area contributed by atoms with Crippen LogP contribution in [0.25, 0.3) is 0 Å². The summed E-state index contributed by atoms with van der Waals surface area (Å²) < 4.78 is 0. The zero-order chi connectivity index (χ0) is 9.26. The fourth-order valence-corrected chi connectivity index (χ4v) is 2.98. The summed E-state index contributed by atoms with van der Waals surface area (Å²) >= 11 is 0. The van der Waals surface area contributed by atoms with Gasteiger partial charge in [0.05, 0.1) is 0 Å². The van der Waals surface area contributed by atoms with Crippen molar-refractivity contribution in [1.82, 2.24) is 4.90 Å². The van der Waals surface area contributed by atoms with E-state index in [4.69, 9.17) is 5.11 Å². The van der Waals surface area contributed by atoms with Crippen molar-refractivity contribution in [2.24, 2.45) is 11.8 Å². The molecule has 3 unspecified atom stereocenters. The molecule has 3 atom stereocenters. The first-order valence-corrected chi connectivity index (χ1v) is 5.66. The van der Waals surface area contributed by atoms with Crippen LogP contribution in [-0.2, 0) is 0 Å². The smallest absolute Gasteiger partial charge is 0.0471 e. The minimum absolute atomic E-state index is 0.387. The second-order valence-corrected chi connectivity index (χ2v) is 4.81. The average molecular weight is 183 g/mol. The van der Waals surface area contributed by atoms with E-state index in [1.165, 1.54) is 32.2 Å². The van der Waals surface area contributed by atoms with Crippen LogP contribution in [0.2, 0.25) is 0 Å². The monoisotopic (exact) mass is 183 g/mol. The molecule has 1 heterocycles.